The molecular weight excluding hydrogens is 2160 g/mol. The fourth-order valence-electron chi connectivity index (χ4n) is 11.7. The molecule has 0 atom stereocenters. The molecule has 37 N–H and O–H groups in total. The fraction of sp³-hybridized carbons (Fsp3) is 0.0704. The number of hydrogen-bond acceptors (Lipinski definition) is 47. The van der Waals surface area contributed by atoms with E-state index in [1.807, 2.05) is 22.6 Å². The van der Waals surface area contributed by atoms with Crippen LogP contribution in [0.1, 0.15) is 24.1 Å². The molecule has 0 unspecified atom stereocenters. The van der Waals surface area contributed by atoms with Crippen LogP contribution in [0.2, 0.25) is 0 Å². The van der Waals surface area contributed by atoms with E-state index in [9.17, 15) is 150 Å². The first-order valence-corrected chi connectivity index (χ1v) is 50.3. The van der Waals surface area contributed by atoms with E-state index in [0.717, 1.165) is 78.9 Å². The number of aromatic amines is 4. The van der Waals surface area contributed by atoms with Crippen LogP contribution in [-0.2, 0) is 40.5 Å². The molecule has 5 aromatic heterocycles. The van der Waals surface area contributed by atoms with Gasteiger partial charge in [-0.25, -0.2) is 29.3 Å². The summed E-state index contributed by atoms with van der Waals surface area (Å²) in [5.74, 6) is -2.66. The third-order valence-corrected chi connectivity index (χ3v) is 24.5. The number of rotatable bonds is 21. The number of urea groups is 2. The van der Waals surface area contributed by atoms with E-state index in [1.165, 1.54) is 55.3 Å². The number of phenolic OH excluding ortho intramolecular Hbond substituents is 2. The summed E-state index contributed by atoms with van der Waals surface area (Å²) in [5.41, 5.74) is 20.1. The molecule has 0 aliphatic heterocycles. The minimum Gasteiger partial charge on any atom is -0.505 e. The molecular formula is C71H75IN28O33S8. The van der Waals surface area contributed by atoms with Crippen LogP contribution < -0.4 is 77.5 Å². The smallest absolute Gasteiger partial charge is 0.333 e. The first-order chi connectivity index (χ1) is 65.7. The maximum atomic E-state index is 12.7. The molecule has 0 saturated heterocycles. The van der Waals surface area contributed by atoms with E-state index in [-0.39, 0.29) is 57.7 Å². The van der Waals surface area contributed by atoms with E-state index in [0.29, 0.717) is 51.9 Å². The normalized spacial score (nSPS) is 12.7. The van der Waals surface area contributed by atoms with Crippen LogP contribution in [0.25, 0.3) is 21.5 Å². The number of H-pyrrole nitrogens is 4. The van der Waals surface area contributed by atoms with Gasteiger partial charge in [-0.05, 0) is 140 Å². The Morgan fingerprint density at radius 1 is 0.390 bits per heavy atom. The molecule has 13 aromatic rings. The number of imidazole rings is 1. The third kappa shape index (κ3) is 29.0. The number of azo groups is 4. The van der Waals surface area contributed by atoms with Gasteiger partial charge in [0, 0.05) is 83.6 Å². The number of halogens is 1. The highest BCUT2D eigenvalue weighted by Gasteiger charge is 2.34. The van der Waals surface area contributed by atoms with Gasteiger partial charge in [0.05, 0.1) is 41.7 Å². The van der Waals surface area contributed by atoms with Gasteiger partial charge in [-0.15, -0.1) is 40.9 Å². The van der Waals surface area contributed by atoms with Crippen LogP contribution in [0.4, 0.5) is 118 Å². The average Bonchev–Trinajstić information content (AvgIpc) is 0.796. The van der Waals surface area contributed by atoms with Crippen molar-refractivity contribution in [1.82, 2.24) is 49.4 Å². The molecule has 0 fully saturated rings. The lowest BCUT2D eigenvalue weighted by Crippen LogP contribution is -2.23. The molecule has 141 heavy (non-hydrogen) atoms. The van der Waals surface area contributed by atoms with Crippen LogP contribution in [0.15, 0.2) is 239 Å². The second-order valence-corrected chi connectivity index (χ2v) is 39.2. The van der Waals surface area contributed by atoms with E-state index in [1.54, 1.807) is 13.8 Å². The third-order valence-electron chi connectivity index (χ3n) is 17.3. The number of anilines is 10. The number of benzene rings is 8. The summed E-state index contributed by atoms with van der Waals surface area (Å²) < 4.78 is 266. The number of nitrogens with two attached hydrogens (primary N) is 5. The minimum atomic E-state index is -5.43. The summed E-state index contributed by atoms with van der Waals surface area (Å²) in [4.78, 5) is 104. The lowest BCUT2D eigenvalue weighted by molar-refractivity contribution is 0.253. The number of nitrogens with one attached hydrogen (secondary N) is 9. The number of carbonyl (C=O) groups is 3. The van der Waals surface area contributed by atoms with Crippen molar-refractivity contribution in [3.05, 3.63) is 204 Å². The van der Waals surface area contributed by atoms with Gasteiger partial charge in [0.15, 0.2) is 11.5 Å². The molecule has 0 spiro atoms. The van der Waals surface area contributed by atoms with Crippen LogP contribution in [0.5, 0.6) is 11.5 Å². The van der Waals surface area contributed by atoms with Crippen LogP contribution in [0.3, 0.4) is 0 Å². The highest BCUT2D eigenvalue weighted by atomic mass is 127. The quantitative estimate of drug-likeness (QED) is 0.0104. The Bertz CT molecular complexity index is 8030. The monoisotopic (exact) mass is 2230 g/mol. The van der Waals surface area contributed by atoms with Gasteiger partial charge in [-0.1, -0.05) is 22.6 Å². The Hall–Kier alpha value is -14.7. The first kappa shape index (κ1) is 108. The Balaban J connectivity index is 0.000000257. The van der Waals surface area contributed by atoms with Gasteiger partial charge in [0.25, 0.3) is 62.7 Å². The average molecular weight is 2230 g/mol. The lowest BCUT2D eigenvalue weighted by Gasteiger charge is -2.23. The molecule has 5 amide bonds. The van der Waals surface area contributed by atoms with Gasteiger partial charge in [0.2, 0.25) is 23.8 Å². The number of hydrogen-bond donors (Lipinski definition) is 32. The second kappa shape index (κ2) is 43.8. The number of aromatic hydroxyl groups is 2. The zero-order valence-corrected chi connectivity index (χ0v) is 79.6. The molecule has 13 rings (SSSR count). The number of alkyl halides is 1. The van der Waals surface area contributed by atoms with Crippen LogP contribution in [-0.4, -0.2) is 189 Å². The Morgan fingerprint density at radius 3 is 1.08 bits per heavy atom. The molecule has 0 aliphatic rings. The molecule has 0 saturated carbocycles. The van der Waals surface area contributed by atoms with Crippen LogP contribution >= 0.6 is 66.1 Å². The van der Waals surface area contributed by atoms with Crippen molar-refractivity contribution in [3.8, 4) is 11.5 Å². The number of carbonyl (C=O) groups excluding carboxylic acids is 3. The van der Waals surface area contributed by atoms with Gasteiger partial charge < -0.3 is 114 Å². The van der Waals surface area contributed by atoms with Crippen molar-refractivity contribution in [3.63, 3.8) is 0 Å². The number of phenols is 2. The van der Waals surface area contributed by atoms with E-state index < -0.39 is 242 Å². The standard InChI is InChI=1S/C34H33N13O17S4.C22H23N7O13S4.C9H9N5O2.C5H7N3O.CH3I/c1-13-7-24(48)40-31(36-13)42-33(51)38-16-3-5-20(65(53,54)55)18(11-16)44-46-28-22(67(59,60)61)9-15-10-23(68(62,63)64)29(30(50)26(15)27(28)35)47-45-19-12-17(4-6-21(19)66(56,57)58)39-34(52)43-32-37-14(2)8-25(49)41-32;23-10-1-3-14(43(31,32)33)12(7-10)26-28-20-16(45(37,38)39)5-9-6-17(46(40,41)42)21(22(30)18(9)19(20)25)29-27-13-8-11(24)2-4-15(13)44(34,35)36;1-6-4-7(15)12-8(11-6)13-9(16)14-3-2-10-5-14;1-3-2-4(9)8-5(6)7-3;1-2/h3-12,50,53-55,62-64H,35H2,1-2H3,(H,56,57,58)(H,59,60,61)(H3,36,38,40,42,48,51)(H3,37,39,41,43,49,52);1-8,30-33,40-42H,23-25H2,(H,34,35,36)(H,37,38,39);2-5H,1H3,(H2,11,12,13,15,16);2H,1H3,(H3,6,7,8,9);1H3/i;;;;1D. The van der Waals surface area contributed by atoms with E-state index in [2.05, 4.69) is 112 Å². The summed E-state index contributed by atoms with van der Waals surface area (Å²) >= 11 is 1.96. The Kier molecular flexibility index (Phi) is 33.6. The van der Waals surface area contributed by atoms with Gasteiger partial charge in [-0.3, -0.25) is 67.9 Å². The minimum absolute atomic E-state index is 0.0108. The van der Waals surface area contributed by atoms with Crippen molar-refractivity contribution in [2.45, 2.75) is 66.9 Å². The Labute approximate surface area is 809 Å². The van der Waals surface area contributed by atoms with Gasteiger partial charge in [-0.2, -0.15) is 43.6 Å². The summed E-state index contributed by atoms with van der Waals surface area (Å²) in [6.07, 6.45) is 4.32. The van der Waals surface area contributed by atoms with E-state index >= 15 is 0 Å². The summed E-state index contributed by atoms with van der Waals surface area (Å²) in [6.45, 7) is 6.39. The number of nitrogen functional groups attached to an aromatic ring is 5. The SMILES string of the molecule is Cc1cc(=O)[nH]c(N)n1.Cc1cc(=O)[nH]c(NC(=O)n2ccnc2)n1.Cc1cc(=O)nc(NC(=O)Nc2ccc(S(O)(O)O)c(N=Nc3c(S(=O)(=O)O)cc4cc(S(O)(O)O)c(N=Nc5cc(NC(=O)Nc6nc(=O)cc(C)[nH]6)ccc5S(=O)(=O)O)c(O)c4c3N)c2)[nH]1.Nc1ccc(S(O)(O)O)c(N=Nc2c(S(=O)(=O)O)cc3cc(S(O)(O)O)c(N=Nc4cc(N)ccc4S(=O)(=O)O)c(O)c3c2N)c1.[2H]CI. The van der Waals surface area contributed by atoms with Crippen molar-refractivity contribution < 1.29 is 132 Å². The van der Waals surface area contributed by atoms with Crippen molar-refractivity contribution in [2.24, 2.45) is 40.9 Å². The van der Waals surface area contributed by atoms with Crippen molar-refractivity contribution >= 4 is 250 Å². The molecule has 70 heteroatoms. The predicted molar refractivity (Wildman–Crippen MR) is 520 cm³/mol. The highest BCUT2D eigenvalue weighted by Crippen LogP contribution is 2.60. The van der Waals surface area contributed by atoms with Crippen molar-refractivity contribution in [1.29, 1.82) is 0 Å². The largest absolute Gasteiger partial charge is 0.505 e. The molecule has 752 valence electrons. The molecule has 0 radical (unpaired) electrons. The zero-order valence-electron chi connectivity index (χ0n) is 72.0. The first-order valence-electron chi connectivity index (χ1n) is 37.7. The highest BCUT2D eigenvalue weighted by molar-refractivity contribution is 14.1. The topological polar surface area (TPSA) is 1040 Å². The van der Waals surface area contributed by atoms with Gasteiger partial charge in [0.1, 0.15) is 115 Å². The number of amides is 5. The van der Waals surface area contributed by atoms with Crippen LogP contribution in [0, 0.1) is 27.7 Å². The van der Waals surface area contributed by atoms with Crippen molar-refractivity contribution in [2.75, 3.05) is 60.2 Å². The second-order valence-electron chi connectivity index (χ2n) is 27.8. The summed E-state index contributed by atoms with van der Waals surface area (Å²) in [7, 11) is -39.7. The Morgan fingerprint density at radius 2 is 0.723 bits per heavy atom. The summed E-state index contributed by atoms with van der Waals surface area (Å²) in [6, 6.07) is 16.4. The van der Waals surface area contributed by atoms with Gasteiger partial charge >= 0.3 is 18.1 Å². The fourth-order valence-corrected chi connectivity index (χ4v) is 16.9. The maximum Gasteiger partial charge on any atom is 0.333 e. The molecule has 0 bridgehead atoms. The van der Waals surface area contributed by atoms with E-state index in [4.69, 9.17) is 30.0 Å². The number of aromatic nitrogens is 10. The number of nitrogens with zero attached hydrogens (tertiary/aromatic N) is 14. The molecule has 0 aliphatic carbocycles. The summed E-state index contributed by atoms with van der Waals surface area (Å²) in [5, 5.41) is 61.3. The molecule has 61 nitrogen and oxygen atoms in total. The zero-order chi connectivity index (χ0) is 106. The molecule has 8 aromatic carbocycles. The maximum absolute atomic E-state index is 12.7. The lowest BCUT2D eigenvalue weighted by atomic mass is 10.1. The molecule has 5 heterocycles. The predicted octanol–water partition coefficient (Wildman–Crippen LogP) is 13.5. The number of aryl methyl sites for hydroxylation is 4. The number of fused-ring (bicyclic) bond motifs is 2.